The van der Waals surface area contributed by atoms with E-state index in [0.717, 1.165) is 12.1 Å². The molecule has 3 aromatic rings. The monoisotopic (exact) mass is 349 g/mol. The van der Waals surface area contributed by atoms with Crippen LogP contribution in [0.2, 0.25) is 0 Å². The summed E-state index contributed by atoms with van der Waals surface area (Å²) in [5.74, 6) is 0. The largest absolute Gasteiger partial charge is 0.416 e. The molecule has 0 fully saturated rings. The van der Waals surface area contributed by atoms with Gasteiger partial charge in [-0.25, -0.2) is 4.98 Å². The summed E-state index contributed by atoms with van der Waals surface area (Å²) in [6.07, 6.45) is -0.929. The molecule has 8 heteroatoms. The molecule has 130 valence electrons. The van der Waals surface area contributed by atoms with Crippen LogP contribution in [0.1, 0.15) is 11.1 Å². The maximum atomic E-state index is 12.5. The number of aromatic nitrogens is 3. The van der Waals surface area contributed by atoms with Crippen molar-refractivity contribution in [2.24, 2.45) is 0 Å². The number of aliphatic hydroxyl groups excluding tert-OH is 1. The summed E-state index contributed by atoms with van der Waals surface area (Å²) < 4.78 is 38.9. The van der Waals surface area contributed by atoms with Gasteiger partial charge in [0.1, 0.15) is 0 Å². The normalized spacial score (nSPS) is 13.1. The lowest BCUT2D eigenvalue weighted by Gasteiger charge is -2.13. The van der Waals surface area contributed by atoms with Crippen molar-refractivity contribution in [3.63, 3.8) is 0 Å². The third-order valence-corrected chi connectivity index (χ3v) is 3.79. The van der Waals surface area contributed by atoms with Gasteiger partial charge in [-0.05, 0) is 23.8 Å². The molecule has 1 aromatic carbocycles. The van der Waals surface area contributed by atoms with Gasteiger partial charge >= 0.3 is 6.18 Å². The van der Waals surface area contributed by atoms with E-state index in [9.17, 15) is 23.1 Å². The zero-order chi connectivity index (χ0) is 18.0. The van der Waals surface area contributed by atoms with Crippen LogP contribution < -0.4 is 5.56 Å². The molecular weight excluding hydrogens is 335 g/mol. The summed E-state index contributed by atoms with van der Waals surface area (Å²) >= 11 is 0. The average Bonchev–Trinajstić information content (AvgIpc) is 2.57. The fourth-order valence-corrected chi connectivity index (χ4v) is 2.53. The lowest BCUT2D eigenvalue weighted by molar-refractivity contribution is -0.137. The van der Waals surface area contributed by atoms with Crippen LogP contribution in [-0.2, 0) is 19.1 Å². The van der Waals surface area contributed by atoms with E-state index in [1.165, 1.54) is 35.4 Å². The van der Waals surface area contributed by atoms with E-state index in [-0.39, 0.29) is 18.5 Å². The maximum Gasteiger partial charge on any atom is 0.416 e. The van der Waals surface area contributed by atoms with Crippen molar-refractivity contribution in [1.29, 1.82) is 0 Å². The van der Waals surface area contributed by atoms with Crippen molar-refractivity contribution in [2.45, 2.75) is 25.2 Å². The Bertz CT molecular complexity index is 936. The first-order valence-corrected chi connectivity index (χ1v) is 7.48. The number of rotatable bonds is 4. The Kier molecular flexibility index (Phi) is 4.54. The number of alkyl halides is 3. The molecule has 1 N–H and O–H groups in total. The van der Waals surface area contributed by atoms with Crippen molar-refractivity contribution in [2.75, 3.05) is 0 Å². The molecule has 3 rings (SSSR count). The highest BCUT2D eigenvalue weighted by atomic mass is 19.4. The second kappa shape index (κ2) is 6.64. The summed E-state index contributed by atoms with van der Waals surface area (Å²) in [7, 11) is 0. The van der Waals surface area contributed by atoms with Crippen LogP contribution in [0.25, 0.3) is 10.9 Å². The van der Waals surface area contributed by atoms with Crippen molar-refractivity contribution >= 4 is 10.9 Å². The maximum absolute atomic E-state index is 12.5. The van der Waals surface area contributed by atoms with Crippen molar-refractivity contribution in [3.8, 4) is 0 Å². The molecule has 0 unspecified atom stereocenters. The van der Waals surface area contributed by atoms with E-state index >= 15 is 0 Å². The van der Waals surface area contributed by atoms with Crippen LogP contribution in [0.15, 0.2) is 53.8 Å². The first-order chi connectivity index (χ1) is 11.8. The number of aliphatic hydroxyl groups is 1. The Hall–Kier alpha value is -2.74. The molecule has 0 amide bonds. The smallest absolute Gasteiger partial charge is 0.391 e. The Balaban J connectivity index is 1.73. The van der Waals surface area contributed by atoms with Gasteiger partial charge in [0, 0.05) is 12.6 Å². The third-order valence-electron chi connectivity index (χ3n) is 3.79. The van der Waals surface area contributed by atoms with Crippen molar-refractivity contribution < 1.29 is 18.3 Å². The number of pyridine rings is 1. The molecule has 0 aliphatic rings. The number of benzene rings is 1. The Labute approximate surface area is 140 Å². The molecule has 0 bridgehead atoms. The van der Waals surface area contributed by atoms with Gasteiger partial charge in [-0.3, -0.25) is 14.3 Å². The highest BCUT2D eigenvalue weighted by Crippen LogP contribution is 2.29. The predicted octanol–water partition coefficient (Wildman–Crippen LogP) is 2.41. The second-order valence-electron chi connectivity index (χ2n) is 5.65. The van der Waals surface area contributed by atoms with E-state index in [2.05, 4.69) is 9.97 Å². The minimum atomic E-state index is -4.39. The number of hydrogen-bond acceptors (Lipinski definition) is 4. The molecular formula is C17H14F3N3O2. The lowest BCUT2D eigenvalue weighted by atomic mass is 10.1. The standard InChI is InChI=1S/C17H14F3N3O2/c18-17(19,20)12-3-1-11(2-4-12)7-13(24)9-23-10-22-15-8-21-6-5-14(15)16(23)25/h1-6,8,10,13,24H,7,9H2/t13-/m1/s1. The van der Waals surface area contributed by atoms with Crippen molar-refractivity contribution in [3.05, 3.63) is 70.5 Å². The van der Waals surface area contributed by atoms with Crippen LogP contribution >= 0.6 is 0 Å². The van der Waals surface area contributed by atoms with Gasteiger partial charge in [0.05, 0.1) is 41.6 Å². The van der Waals surface area contributed by atoms with E-state index < -0.39 is 17.8 Å². The molecule has 0 aliphatic heterocycles. The van der Waals surface area contributed by atoms with E-state index in [0.29, 0.717) is 16.5 Å². The Morgan fingerprint density at radius 3 is 2.56 bits per heavy atom. The number of fused-ring (bicyclic) bond motifs is 1. The average molecular weight is 349 g/mol. The summed E-state index contributed by atoms with van der Waals surface area (Å²) in [5, 5.41) is 10.5. The van der Waals surface area contributed by atoms with Gasteiger partial charge in [-0.2, -0.15) is 13.2 Å². The van der Waals surface area contributed by atoms with Crippen molar-refractivity contribution in [1.82, 2.24) is 14.5 Å². The number of hydrogen-bond donors (Lipinski definition) is 1. The third kappa shape index (κ3) is 3.85. The molecule has 5 nitrogen and oxygen atoms in total. The minimum Gasteiger partial charge on any atom is -0.391 e. The predicted molar refractivity (Wildman–Crippen MR) is 85.0 cm³/mol. The fraction of sp³-hybridized carbons (Fsp3) is 0.235. The first kappa shape index (κ1) is 17.1. The lowest BCUT2D eigenvalue weighted by Crippen LogP contribution is -2.28. The SMILES string of the molecule is O=c1c2ccncc2ncn1C[C@H](O)Cc1ccc(C(F)(F)F)cc1. The highest BCUT2D eigenvalue weighted by molar-refractivity contribution is 5.75. The van der Waals surface area contributed by atoms with Gasteiger partial charge < -0.3 is 5.11 Å². The van der Waals surface area contributed by atoms with E-state index in [1.807, 2.05) is 0 Å². The summed E-state index contributed by atoms with van der Waals surface area (Å²) in [5.41, 5.74) is -0.0411. The summed E-state index contributed by atoms with van der Waals surface area (Å²) in [6.45, 7) is -0.00881. The second-order valence-corrected chi connectivity index (χ2v) is 5.65. The van der Waals surface area contributed by atoms with Gasteiger partial charge in [-0.1, -0.05) is 12.1 Å². The zero-order valence-electron chi connectivity index (χ0n) is 12.9. The Morgan fingerprint density at radius 2 is 1.88 bits per heavy atom. The van der Waals surface area contributed by atoms with Gasteiger partial charge in [0.15, 0.2) is 0 Å². The molecule has 2 heterocycles. The molecule has 0 saturated carbocycles. The molecule has 0 radical (unpaired) electrons. The minimum absolute atomic E-state index is 0.00881. The first-order valence-electron chi connectivity index (χ1n) is 7.48. The van der Waals surface area contributed by atoms with E-state index in [1.54, 1.807) is 6.07 Å². The van der Waals surface area contributed by atoms with E-state index in [4.69, 9.17) is 0 Å². The van der Waals surface area contributed by atoms with Crippen LogP contribution in [0, 0.1) is 0 Å². The Morgan fingerprint density at radius 1 is 1.16 bits per heavy atom. The molecule has 2 aromatic heterocycles. The van der Waals surface area contributed by atoms with Crippen LogP contribution in [0.4, 0.5) is 13.2 Å². The van der Waals surface area contributed by atoms with Gasteiger partial charge in [-0.15, -0.1) is 0 Å². The molecule has 0 spiro atoms. The number of halogens is 3. The molecule has 25 heavy (non-hydrogen) atoms. The van der Waals surface area contributed by atoms with Gasteiger partial charge in [0.25, 0.3) is 5.56 Å². The highest BCUT2D eigenvalue weighted by Gasteiger charge is 2.29. The number of nitrogens with zero attached hydrogens (tertiary/aromatic N) is 3. The zero-order valence-corrected chi connectivity index (χ0v) is 12.9. The molecule has 0 saturated heterocycles. The topological polar surface area (TPSA) is 68.0 Å². The summed E-state index contributed by atoms with van der Waals surface area (Å²) in [6, 6.07) is 6.12. The van der Waals surface area contributed by atoms with Crippen LogP contribution in [-0.4, -0.2) is 25.7 Å². The quantitative estimate of drug-likeness (QED) is 0.785. The van der Waals surface area contributed by atoms with Gasteiger partial charge in [0.2, 0.25) is 0 Å². The van der Waals surface area contributed by atoms with Crippen LogP contribution in [0.5, 0.6) is 0 Å². The fourth-order valence-electron chi connectivity index (χ4n) is 2.53. The summed E-state index contributed by atoms with van der Waals surface area (Å²) in [4.78, 5) is 20.3. The molecule has 0 aliphatic carbocycles. The van der Waals surface area contributed by atoms with Crippen LogP contribution in [0.3, 0.4) is 0 Å². The molecule has 1 atom stereocenters.